The molecule has 1 saturated heterocycles. The Morgan fingerprint density at radius 1 is 1.35 bits per heavy atom. The third-order valence-corrected chi connectivity index (χ3v) is 5.63. The minimum absolute atomic E-state index is 0.0627. The van der Waals surface area contributed by atoms with Crippen molar-refractivity contribution in [2.24, 2.45) is 11.7 Å². The topological polar surface area (TPSA) is 108 Å². The Labute approximate surface area is 190 Å². The Morgan fingerprint density at radius 3 is 2.71 bits per heavy atom. The summed E-state index contributed by atoms with van der Waals surface area (Å²) in [6, 6.07) is 5.15. The van der Waals surface area contributed by atoms with Crippen LogP contribution in [0.4, 0.5) is 16.0 Å². The van der Waals surface area contributed by atoms with Crippen molar-refractivity contribution in [1.82, 2.24) is 14.9 Å². The van der Waals surface area contributed by atoms with Crippen molar-refractivity contribution in [1.29, 1.82) is 0 Å². The molecule has 1 amide bonds. The monoisotopic (exact) mass is 470 g/mol. The number of likely N-dealkylation sites (tertiary alicyclic amines) is 1. The van der Waals surface area contributed by atoms with Gasteiger partial charge in [-0.15, -0.1) is 0 Å². The number of aliphatic hydroxyl groups excluding tert-OH is 1. The van der Waals surface area contributed by atoms with Crippen LogP contribution in [-0.4, -0.2) is 65.2 Å². The molecule has 2 heterocycles. The number of nitrogens with one attached hydrogen (secondary N) is 1. The third kappa shape index (κ3) is 6.39. The molecule has 2 atom stereocenters. The van der Waals surface area contributed by atoms with Crippen molar-refractivity contribution >= 4 is 40.7 Å². The Hall–Kier alpha value is -2.20. The maximum atomic E-state index is 15.0. The number of nitrogens with zero attached hydrogens (tertiary/aromatic N) is 4. The number of rotatable bonds is 8. The molecule has 1 fully saturated rings. The van der Waals surface area contributed by atoms with Crippen LogP contribution in [0.3, 0.4) is 0 Å². The number of primary amides is 1. The second-order valence-corrected chi connectivity index (χ2v) is 8.56. The van der Waals surface area contributed by atoms with E-state index in [1.165, 1.54) is 6.33 Å². The summed E-state index contributed by atoms with van der Waals surface area (Å²) in [5.41, 5.74) is 6.03. The lowest BCUT2D eigenvalue weighted by atomic mass is 9.94. The number of halogens is 3. The van der Waals surface area contributed by atoms with Gasteiger partial charge in [0.05, 0.1) is 12.6 Å². The van der Waals surface area contributed by atoms with Crippen LogP contribution in [0.25, 0.3) is 0 Å². The van der Waals surface area contributed by atoms with Gasteiger partial charge in [0.25, 0.3) is 0 Å². The first-order valence-electron chi connectivity index (χ1n) is 9.82. The Kier molecular flexibility index (Phi) is 7.88. The van der Waals surface area contributed by atoms with Crippen LogP contribution < -0.4 is 16.0 Å². The van der Waals surface area contributed by atoms with E-state index >= 15 is 4.39 Å². The van der Waals surface area contributed by atoms with Gasteiger partial charge in [-0.3, -0.25) is 9.69 Å². The number of carbonyl (C=O) groups excluding carboxylic acids is 1. The lowest BCUT2D eigenvalue weighted by Gasteiger charge is -2.35. The number of β-amino-alcohol motifs (C(OH)–C–C–N with tert-alkyl or cyclic N) is 1. The molecule has 0 radical (unpaired) electrons. The third-order valence-electron chi connectivity index (χ3n) is 5.19. The quantitative estimate of drug-likeness (QED) is 0.542. The molecule has 1 aromatic carbocycles. The van der Waals surface area contributed by atoms with Crippen LogP contribution in [-0.2, 0) is 11.3 Å². The summed E-state index contributed by atoms with van der Waals surface area (Å²) in [6.07, 6.45) is 1.28. The zero-order valence-corrected chi connectivity index (χ0v) is 18.6. The molecule has 11 heteroatoms. The van der Waals surface area contributed by atoms with Crippen molar-refractivity contribution in [3.05, 3.63) is 46.0 Å². The number of anilines is 2. The highest BCUT2D eigenvalue weighted by Gasteiger charge is 2.28. The number of aromatic nitrogens is 2. The first-order valence-corrected chi connectivity index (χ1v) is 10.6. The fourth-order valence-corrected chi connectivity index (χ4v) is 4.25. The second-order valence-electron chi connectivity index (χ2n) is 7.69. The van der Waals surface area contributed by atoms with Gasteiger partial charge in [-0.2, -0.15) is 4.39 Å². The fourth-order valence-electron chi connectivity index (χ4n) is 3.68. The molecule has 1 aromatic heterocycles. The molecule has 0 saturated carbocycles. The highest BCUT2D eigenvalue weighted by molar-refractivity contribution is 6.34. The maximum absolute atomic E-state index is 15.0. The molecule has 0 aliphatic carbocycles. The zero-order chi connectivity index (χ0) is 22.5. The molecule has 8 nitrogen and oxygen atoms in total. The van der Waals surface area contributed by atoms with E-state index in [2.05, 4.69) is 15.3 Å². The first-order chi connectivity index (χ1) is 14.7. The summed E-state index contributed by atoms with van der Waals surface area (Å²) in [6.45, 7) is 1.79. The van der Waals surface area contributed by atoms with E-state index in [4.69, 9.17) is 28.9 Å². The van der Waals surface area contributed by atoms with E-state index in [1.54, 1.807) is 30.1 Å². The van der Waals surface area contributed by atoms with E-state index in [-0.39, 0.29) is 24.1 Å². The summed E-state index contributed by atoms with van der Waals surface area (Å²) in [4.78, 5) is 22.6. The normalized spacial score (nSPS) is 19.3. The Morgan fingerprint density at radius 2 is 2.06 bits per heavy atom. The molecule has 0 spiro atoms. The first kappa shape index (κ1) is 23.5. The van der Waals surface area contributed by atoms with Crippen LogP contribution >= 0.6 is 23.2 Å². The van der Waals surface area contributed by atoms with Gasteiger partial charge in [-0.05, 0) is 36.7 Å². The van der Waals surface area contributed by atoms with Crippen molar-refractivity contribution < 1.29 is 14.3 Å². The standard InChI is InChI=1S/C20H25Cl2FN6O2/c1-28(8-12-4-14(21)6-15(22)5-12)20-18(23)19(26-11-27-20)25-7-13-2-3-29(9-16(13)30)10-17(24)31/h4-6,11,13,16,30H,2-3,7-10H2,1H3,(H2,24,31)(H,25,26,27)/t13-,16+/m0/s1. The average molecular weight is 471 g/mol. The molecule has 31 heavy (non-hydrogen) atoms. The van der Waals surface area contributed by atoms with Crippen LogP contribution in [0.15, 0.2) is 24.5 Å². The Bertz CT molecular complexity index is 914. The SMILES string of the molecule is CN(Cc1cc(Cl)cc(Cl)c1)c1ncnc(NC[C@@H]2CCN(CC(N)=O)C[C@H]2O)c1F. The number of hydrogen-bond donors (Lipinski definition) is 3. The average Bonchev–Trinajstić information content (AvgIpc) is 2.67. The van der Waals surface area contributed by atoms with Crippen molar-refractivity contribution in [2.75, 3.05) is 43.4 Å². The van der Waals surface area contributed by atoms with Gasteiger partial charge in [-0.25, -0.2) is 9.97 Å². The van der Waals surface area contributed by atoms with Gasteiger partial charge in [0, 0.05) is 42.6 Å². The van der Waals surface area contributed by atoms with Gasteiger partial charge in [0.15, 0.2) is 11.6 Å². The smallest absolute Gasteiger partial charge is 0.231 e. The highest BCUT2D eigenvalue weighted by Crippen LogP contribution is 2.25. The van der Waals surface area contributed by atoms with Gasteiger partial charge in [0.1, 0.15) is 6.33 Å². The van der Waals surface area contributed by atoms with Crippen LogP contribution in [0.2, 0.25) is 10.0 Å². The van der Waals surface area contributed by atoms with E-state index in [9.17, 15) is 9.90 Å². The highest BCUT2D eigenvalue weighted by atomic mass is 35.5. The van der Waals surface area contributed by atoms with E-state index in [0.717, 1.165) is 5.56 Å². The second kappa shape index (κ2) is 10.4. The molecular weight excluding hydrogens is 446 g/mol. The molecule has 4 N–H and O–H groups in total. The van der Waals surface area contributed by atoms with Crippen LogP contribution in [0.1, 0.15) is 12.0 Å². The van der Waals surface area contributed by atoms with Crippen molar-refractivity contribution in [2.45, 2.75) is 19.1 Å². The summed E-state index contributed by atoms with van der Waals surface area (Å²) in [7, 11) is 1.71. The van der Waals surface area contributed by atoms with Crippen molar-refractivity contribution in [3.63, 3.8) is 0 Å². The number of piperidine rings is 1. The lowest BCUT2D eigenvalue weighted by Crippen LogP contribution is -2.48. The lowest BCUT2D eigenvalue weighted by molar-refractivity contribution is -0.120. The summed E-state index contributed by atoms with van der Waals surface area (Å²) >= 11 is 12.1. The Balaban J connectivity index is 1.62. The number of benzene rings is 1. The predicted octanol–water partition coefficient (Wildman–Crippen LogP) is 2.14. The van der Waals surface area contributed by atoms with Gasteiger partial charge in [-0.1, -0.05) is 23.2 Å². The molecule has 2 aromatic rings. The van der Waals surface area contributed by atoms with Gasteiger partial charge in [0.2, 0.25) is 11.7 Å². The number of nitrogens with two attached hydrogens (primary N) is 1. The summed E-state index contributed by atoms with van der Waals surface area (Å²) in [5, 5.41) is 14.3. The maximum Gasteiger partial charge on any atom is 0.231 e. The molecule has 0 bridgehead atoms. The molecule has 1 aliphatic heterocycles. The summed E-state index contributed by atoms with van der Waals surface area (Å²) < 4.78 is 15.0. The van der Waals surface area contributed by atoms with Gasteiger partial charge < -0.3 is 21.1 Å². The van der Waals surface area contributed by atoms with Crippen LogP contribution in [0.5, 0.6) is 0 Å². The largest absolute Gasteiger partial charge is 0.391 e. The molecule has 1 aliphatic rings. The number of aliphatic hydroxyl groups is 1. The molecule has 0 unspecified atom stereocenters. The van der Waals surface area contributed by atoms with Crippen LogP contribution in [0, 0.1) is 11.7 Å². The van der Waals surface area contributed by atoms with Crippen molar-refractivity contribution in [3.8, 4) is 0 Å². The number of hydrogen-bond acceptors (Lipinski definition) is 7. The van der Waals surface area contributed by atoms with E-state index in [0.29, 0.717) is 42.6 Å². The van der Waals surface area contributed by atoms with E-state index < -0.39 is 17.8 Å². The minimum Gasteiger partial charge on any atom is -0.391 e. The van der Waals surface area contributed by atoms with Gasteiger partial charge >= 0.3 is 0 Å². The van der Waals surface area contributed by atoms with E-state index in [1.807, 2.05) is 4.90 Å². The minimum atomic E-state index is -0.653. The molecule has 168 valence electrons. The zero-order valence-electron chi connectivity index (χ0n) is 17.1. The molecule has 3 rings (SSSR count). The number of amides is 1. The number of carbonyl (C=O) groups is 1. The molecular formula is C20H25Cl2FN6O2. The fraction of sp³-hybridized carbons (Fsp3) is 0.450. The summed E-state index contributed by atoms with van der Waals surface area (Å²) in [5.74, 6) is -0.922. The predicted molar refractivity (Wildman–Crippen MR) is 119 cm³/mol.